The number of hydrogen-bond acceptors (Lipinski definition) is 1. The zero-order valence-corrected chi connectivity index (χ0v) is 15.1. The summed E-state index contributed by atoms with van der Waals surface area (Å²) < 4.78 is 0. The van der Waals surface area contributed by atoms with E-state index in [0.717, 1.165) is 42.1 Å². The molecule has 0 aliphatic rings. The van der Waals surface area contributed by atoms with E-state index in [4.69, 9.17) is 11.6 Å². The molecule has 0 bridgehead atoms. The second-order valence-electron chi connectivity index (χ2n) is 5.79. The molecule has 1 unspecified atom stereocenters. The average molecular weight is 320 g/mol. The first-order chi connectivity index (χ1) is 10.6. The van der Waals surface area contributed by atoms with Crippen molar-refractivity contribution in [3.63, 3.8) is 0 Å². The monoisotopic (exact) mass is 319 g/mol. The minimum absolute atomic E-state index is 0.248. The summed E-state index contributed by atoms with van der Waals surface area (Å²) in [4.78, 5) is 0. The van der Waals surface area contributed by atoms with E-state index in [-0.39, 0.29) is 5.92 Å². The highest BCUT2D eigenvalue weighted by Crippen LogP contribution is 2.36. The maximum atomic E-state index is 6.63. The number of hydrogen-bond donors (Lipinski definition) is 1. The Kier molecular flexibility index (Phi) is 8.34. The zero-order chi connectivity index (χ0) is 16.5. The van der Waals surface area contributed by atoms with Gasteiger partial charge in [-0.05, 0) is 42.0 Å². The van der Waals surface area contributed by atoms with Gasteiger partial charge < -0.3 is 5.32 Å². The van der Waals surface area contributed by atoms with Crippen molar-refractivity contribution in [2.45, 2.75) is 58.8 Å². The number of benzene rings is 1. The van der Waals surface area contributed by atoms with Gasteiger partial charge in [-0.15, -0.1) is 0 Å². The van der Waals surface area contributed by atoms with Crippen LogP contribution in [0, 0.1) is 0 Å². The lowest BCUT2D eigenvalue weighted by Crippen LogP contribution is -2.20. The number of allylic oxidation sites excluding steroid dienone is 1. The summed E-state index contributed by atoms with van der Waals surface area (Å²) >= 11 is 6.63. The maximum absolute atomic E-state index is 6.63. The summed E-state index contributed by atoms with van der Waals surface area (Å²) in [6.45, 7) is 15.7. The summed E-state index contributed by atoms with van der Waals surface area (Å²) in [6, 6.07) is 4.30. The highest BCUT2D eigenvalue weighted by atomic mass is 35.5. The van der Waals surface area contributed by atoms with E-state index in [0.29, 0.717) is 0 Å². The first-order valence-corrected chi connectivity index (χ1v) is 8.84. The van der Waals surface area contributed by atoms with Gasteiger partial charge in [-0.1, -0.05) is 70.5 Å². The van der Waals surface area contributed by atoms with Gasteiger partial charge in [0.05, 0.1) is 0 Å². The molecule has 0 radical (unpaired) electrons. The van der Waals surface area contributed by atoms with Crippen LogP contribution >= 0.6 is 11.6 Å². The fraction of sp³-hybridized carbons (Fsp3) is 0.500. The number of rotatable bonds is 10. The maximum Gasteiger partial charge on any atom is 0.0453 e. The van der Waals surface area contributed by atoms with Gasteiger partial charge in [-0.3, -0.25) is 0 Å². The zero-order valence-electron chi connectivity index (χ0n) is 14.3. The van der Waals surface area contributed by atoms with Crippen molar-refractivity contribution in [3.05, 3.63) is 52.7 Å². The van der Waals surface area contributed by atoms with Crippen LogP contribution < -0.4 is 5.32 Å². The molecule has 2 heteroatoms. The van der Waals surface area contributed by atoms with E-state index in [1.807, 2.05) is 6.08 Å². The summed E-state index contributed by atoms with van der Waals surface area (Å²) in [6.07, 6.45) is 7.40. The molecule has 0 fully saturated rings. The molecular formula is C20H30ClN. The number of aryl methyl sites for hydroxylation is 1. The van der Waals surface area contributed by atoms with E-state index in [1.54, 1.807) is 0 Å². The van der Waals surface area contributed by atoms with Crippen molar-refractivity contribution in [1.29, 1.82) is 0 Å². The normalized spacial score (nSPS) is 12.0. The largest absolute Gasteiger partial charge is 0.388 e. The highest BCUT2D eigenvalue weighted by Gasteiger charge is 2.21. The molecular weight excluding hydrogens is 290 g/mol. The molecule has 0 saturated heterocycles. The second kappa shape index (κ2) is 9.74. The third kappa shape index (κ3) is 4.91. The molecule has 1 aromatic carbocycles. The molecule has 0 saturated carbocycles. The van der Waals surface area contributed by atoms with Crippen LogP contribution in [-0.2, 0) is 6.42 Å². The first-order valence-electron chi connectivity index (χ1n) is 8.46. The molecule has 0 aliphatic carbocycles. The Morgan fingerprint density at radius 1 is 1.27 bits per heavy atom. The van der Waals surface area contributed by atoms with E-state index in [2.05, 4.69) is 51.4 Å². The van der Waals surface area contributed by atoms with Crippen molar-refractivity contribution in [3.8, 4) is 0 Å². The van der Waals surface area contributed by atoms with Crippen LogP contribution in [0.5, 0.6) is 0 Å². The molecule has 122 valence electrons. The summed E-state index contributed by atoms with van der Waals surface area (Å²) in [7, 11) is 0. The fourth-order valence-electron chi connectivity index (χ4n) is 2.75. The third-order valence-electron chi connectivity index (χ3n) is 4.07. The molecule has 0 aliphatic heterocycles. The Morgan fingerprint density at radius 3 is 2.55 bits per heavy atom. The van der Waals surface area contributed by atoms with Crippen LogP contribution in [0.25, 0.3) is 6.08 Å². The molecule has 1 nitrogen and oxygen atoms in total. The Labute approximate surface area is 141 Å². The van der Waals surface area contributed by atoms with Crippen LogP contribution in [0.4, 0.5) is 0 Å². The van der Waals surface area contributed by atoms with Crippen molar-refractivity contribution in [2.75, 3.05) is 6.54 Å². The number of nitrogens with one attached hydrogen (secondary N) is 1. The van der Waals surface area contributed by atoms with Crippen molar-refractivity contribution in [1.82, 2.24) is 5.32 Å². The Hall–Kier alpha value is -1.21. The standard InChI is InChI=1S/C20H30ClN/c1-6-10-11-18(15(5)22-12-7-2)20-17(9-4)13-16(8-3)14-19(20)21/h9,13-14,18,22H,4-8,10-12H2,1-3H3. The first kappa shape index (κ1) is 18.8. The lowest BCUT2D eigenvalue weighted by molar-refractivity contribution is 0.597. The van der Waals surface area contributed by atoms with Crippen molar-refractivity contribution < 1.29 is 0 Å². The summed E-state index contributed by atoms with van der Waals surface area (Å²) in [5, 5.41) is 4.30. The van der Waals surface area contributed by atoms with Crippen molar-refractivity contribution in [2.24, 2.45) is 0 Å². The predicted octanol–water partition coefficient (Wildman–Crippen LogP) is 6.33. The van der Waals surface area contributed by atoms with E-state index < -0.39 is 0 Å². The van der Waals surface area contributed by atoms with E-state index in [9.17, 15) is 0 Å². The third-order valence-corrected chi connectivity index (χ3v) is 4.38. The second-order valence-corrected chi connectivity index (χ2v) is 6.19. The van der Waals surface area contributed by atoms with Crippen molar-refractivity contribution >= 4 is 17.7 Å². The average Bonchev–Trinajstić information content (AvgIpc) is 2.53. The Balaban J connectivity index is 3.22. The Bertz CT molecular complexity index is 505. The fourth-order valence-corrected chi connectivity index (χ4v) is 3.13. The van der Waals surface area contributed by atoms with E-state index in [1.165, 1.54) is 24.0 Å². The molecule has 1 N–H and O–H groups in total. The number of halogens is 1. The molecule has 22 heavy (non-hydrogen) atoms. The molecule has 0 aromatic heterocycles. The van der Waals surface area contributed by atoms with Gasteiger partial charge in [0.2, 0.25) is 0 Å². The van der Waals surface area contributed by atoms with Gasteiger partial charge in [0.25, 0.3) is 0 Å². The smallest absolute Gasteiger partial charge is 0.0453 e. The van der Waals surface area contributed by atoms with Gasteiger partial charge in [0.1, 0.15) is 0 Å². The SMILES string of the molecule is C=Cc1cc(CC)cc(Cl)c1C(CCCC)C(=C)NCCC. The minimum Gasteiger partial charge on any atom is -0.388 e. The Morgan fingerprint density at radius 2 is 2.00 bits per heavy atom. The molecule has 0 amide bonds. The van der Waals surface area contributed by atoms with Crippen LogP contribution in [0.1, 0.15) is 69.1 Å². The van der Waals surface area contributed by atoms with Crippen LogP contribution in [0.3, 0.4) is 0 Å². The van der Waals surface area contributed by atoms with E-state index >= 15 is 0 Å². The minimum atomic E-state index is 0.248. The topological polar surface area (TPSA) is 12.0 Å². The molecule has 1 aromatic rings. The molecule has 1 atom stereocenters. The van der Waals surface area contributed by atoms with Crippen LogP contribution in [-0.4, -0.2) is 6.54 Å². The van der Waals surface area contributed by atoms with Gasteiger partial charge in [0.15, 0.2) is 0 Å². The quantitative estimate of drug-likeness (QED) is 0.531. The predicted molar refractivity (Wildman–Crippen MR) is 101 cm³/mol. The van der Waals surface area contributed by atoms with Gasteiger partial charge in [0, 0.05) is 23.2 Å². The van der Waals surface area contributed by atoms with Gasteiger partial charge >= 0.3 is 0 Å². The summed E-state index contributed by atoms with van der Waals surface area (Å²) in [5.74, 6) is 0.248. The van der Waals surface area contributed by atoms with Gasteiger partial charge in [-0.2, -0.15) is 0 Å². The van der Waals surface area contributed by atoms with Crippen LogP contribution in [0.2, 0.25) is 5.02 Å². The highest BCUT2D eigenvalue weighted by molar-refractivity contribution is 6.31. The lowest BCUT2D eigenvalue weighted by atomic mass is 9.86. The lowest BCUT2D eigenvalue weighted by Gasteiger charge is -2.25. The van der Waals surface area contributed by atoms with Crippen LogP contribution in [0.15, 0.2) is 31.0 Å². The molecule has 1 rings (SSSR count). The summed E-state index contributed by atoms with van der Waals surface area (Å²) in [5.41, 5.74) is 4.65. The number of unbranched alkanes of at least 4 members (excludes halogenated alkanes) is 1. The molecule has 0 heterocycles. The molecule has 0 spiro atoms. The van der Waals surface area contributed by atoms with Gasteiger partial charge in [-0.25, -0.2) is 0 Å².